The fourth-order valence-electron chi connectivity index (χ4n) is 4.13. The number of hydrogen-bond acceptors (Lipinski definition) is 2. The number of rotatable bonds is 4. The highest BCUT2D eigenvalue weighted by Crippen LogP contribution is 2.55. The lowest BCUT2D eigenvalue weighted by Gasteiger charge is -2.39. The maximum atomic E-state index is 6.48. The Labute approximate surface area is 124 Å². The van der Waals surface area contributed by atoms with Gasteiger partial charge in [0.05, 0.1) is 5.60 Å². The molecular formula is C15H23IO2. The van der Waals surface area contributed by atoms with Crippen molar-refractivity contribution in [2.75, 3.05) is 6.61 Å². The smallest absolute Gasteiger partial charge is 0.158 e. The van der Waals surface area contributed by atoms with Gasteiger partial charge in [-0.3, -0.25) is 0 Å². The summed E-state index contributed by atoms with van der Waals surface area (Å²) in [5, 5.41) is 0. The normalized spacial score (nSPS) is 43.9. The van der Waals surface area contributed by atoms with Gasteiger partial charge in [-0.1, -0.05) is 28.7 Å². The van der Waals surface area contributed by atoms with Crippen LogP contribution in [-0.2, 0) is 9.47 Å². The summed E-state index contributed by atoms with van der Waals surface area (Å²) in [5.41, 5.74) is 0.156. The van der Waals surface area contributed by atoms with E-state index in [-0.39, 0.29) is 11.9 Å². The fraction of sp³-hybridized carbons (Fsp3) is 0.867. The van der Waals surface area contributed by atoms with E-state index in [1.165, 1.54) is 44.9 Å². The molecule has 1 saturated heterocycles. The van der Waals surface area contributed by atoms with Gasteiger partial charge in [0.1, 0.15) is 0 Å². The minimum atomic E-state index is 0.0849. The molecule has 1 aliphatic heterocycles. The van der Waals surface area contributed by atoms with E-state index in [9.17, 15) is 0 Å². The number of allylic oxidation sites excluding steroid dienone is 1. The molecule has 3 fully saturated rings. The van der Waals surface area contributed by atoms with Crippen molar-refractivity contribution in [2.45, 2.75) is 63.3 Å². The average molecular weight is 362 g/mol. The molecule has 2 bridgehead atoms. The third-order valence-corrected chi connectivity index (χ3v) is 5.49. The first kappa shape index (κ1) is 13.4. The van der Waals surface area contributed by atoms with Crippen molar-refractivity contribution in [1.82, 2.24) is 0 Å². The lowest BCUT2D eigenvalue weighted by atomic mass is 9.82. The Morgan fingerprint density at radius 2 is 2.28 bits per heavy atom. The Bertz CT molecular complexity index is 312. The minimum absolute atomic E-state index is 0.0849. The number of fused-ring (bicyclic) bond motifs is 2. The van der Waals surface area contributed by atoms with Crippen LogP contribution in [0.3, 0.4) is 0 Å². The van der Waals surface area contributed by atoms with Crippen LogP contribution in [0, 0.1) is 11.8 Å². The molecule has 0 radical (unpaired) electrons. The molecule has 102 valence electrons. The van der Waals surface area contributed by atoms with Gasteiger partial charge in [-0.05, 0) is 67.3 Å². The summed E-state index contributed by atoms with van der Waals surface area (Å²) in [6.45, 7) is 0.891. The Morgan fingerprint density at radius 3 is 3.00 bits per heavy atom. The van der Waals surface area contributed by atoms with E-state index < -0.39 is 0 Å². The Balaban J connectivity index is 1.65. The van der Waals surface area contributed by atoms with Crippen LogP contribution in [-0.4, -0.2) is 18.5 Å². The predicted molar refractivity (Wildman–Crippen MR) is 80.6 cm³/mol. The molecule has 3 aliphatic rings. The first-order chi connectivity index (χ1) is 8.82. The van der Waals surface area contributed by atoms with Gasteiger partial charge in [-0.25, -0.2) is 0 Å². The summed E-state index contributed by atoms with van der Waals surface area (Å²) in [5.74, 6) is 1.65. The molecule has 2 aliphatic carbocycles. The molecule has 0 N–H and O–H groups in total. The molecule has 4 atom stereocenters. The zero-order valence-electron chi connectivity index (χ0n) is 10.9. The van der Waals surface area contributed by atoms with Gasteiger partial charge in [0.2, 0.25) is 0 Å². The third-order valence-electron chi connectivity index (χ3n) is 4.99. The quantitative estimate of drug-likeness (QED) is 0.689. The van der Waals surface area contributed by atoms with Gasteiger partial charge in [0.15, 0.2) is 6.29 Å². The van der Waals surface area contributed by atoms with Crippen molar-refractivity contribution in [3.63, 3.8) is 0 Å². The molecule has 2 saturated carbocycles. The van der Waals surface area contributed by atoms with Crippen LogP contribution in [0.2, 0.25) is 0 Å². The zero-order valence-corrected chi connectivity index (χ0v) is 13.1. The van der Waals surface area contributed by atoms with Gasteiger partial charge >= 0.3 is 0 Å². The standard InChI is InChI=1S/C15H23IO2/c16-8-3-4-13-10-12-6-7-15(13,11-12)18-14-5-1-2-9-17-14/h3,8,12-14H,1-2,4-7,9-11H2. The molecule has 0 aromatic carbocycles. The van der Waals surface area contributed by atoms with Crippen molar-refractivity contribution in [3.05, 3.63) is 10.2 Å². The van der Waals surface area contributed by atoms with Crippen LogP contribution in [0.15, 0.2) is 10.2 Å². The highest BCUT2D eigenvalue weighted by atomic mass is 127. The fourth-order valence-corrected chi connectivity index (χ4v) is 4.42. The third kappa shape index (κ3) is 2.63. The number of halogens is 1. The number of ether oxygens (including phenoxy) is 2. The van der Waals surface area contributed by atoms with E-state index in [1.807, 2.05) is 0 Å². The molecule has 3 rings (SSSR count). The first-order valence-corrected chi connectivity index (χ1v) is 8.61. The summed E-state index contributed by atoms with van der Waals surface area (Å²) in [4.78, 5) is 0. The zero-order chi connectivity index (χ0) is 12.4. The highest BCUT2D eigenvalue weighted by Gasteiger charge is 2.53. The largest absolute Gasteiger partial charge is 0.353 e. The van der Waals surface area contributed by atoms with Crippen molar-refractivity contribution >= 4 is 22.6 Å². The highest BCUT2D eigenvalue weighted by molar-refractivity contribution is 14.1. The van der Waals surface area contributed by atoms with Gasteiger partial charge in [0, 0.05) is 6.61 Å². The topological polar surface area (TPSA) is 18.5 Å². The van der Waals surface area contributed by atoms with Crippen LogP contribution in [0.25, 0.3) is 0 Å². The lowest BCUT2D eigenvalue weighted by molar-refractivity contribution is -0.234. The lowest BCUT2D eigenvalue weighted by Crippen LogP contribution is -2.41. The molecule has 4 unspecified atom stereocenters. The molecule has 0 spiro atoms. The van der Waals surface area contributed by atoms with E-state index in [4.69, 9.17) is 9.47 Å². The van der Waals surface area contributed by atoms with E-state index in [0.29, 0.717) is 0 Å². The summed E-state index contributed by atoms with van der Waals surface area (Å²) >= 11 is 2.32. The minimum Gasteiger partial charge on any atom is -0.353 e. The second-order valence-corrected chi connectivity index (χ2v) is 6.84. The SMILES string of the molecule is IC=CCC1CC2CCC1(OC1CCCCO1)C2. The molecule has 0 aromatic heterocycles. The van der Waals surface area contributed by atoms with Gasteiger partial charge in [-0.15, -0.1) is 0 Å². The van der Waals surface area contributed by atoms with E-state index in [1.54, 1.807) is 0 Å². The molecule has 18 heavy (non-hydrogen) atoms. The van der Waals surface area contributed by atoms with Gasteiger partial charge in [-0.2, -0.15) is 0 Å². The van der Waals surface area contributed by atoms with Crippen LogP contribution in [0.1, 0.15) is 51.4 Å². The van der Waals surface area contributed by atoms with E-state index in [2.05, 4.69) is 32.7 Å². The maximum Gasteiger partial charge on any atom is 0.158 e. The van der Waals surface area contributed by atoms with Crippen molar-refractivity contribution in [1.29, 1.82) is 0 Å². The average Bonchev–Trinajstić information content (AvgIpc) is 2.94. The van der Waals surface area contributed by atoms with Crippen LogP contribution in [0.5, 0.6) is 0 Å². The monoisotopic (exact) mass is 362 g/mol. The van der Waals surface area contributed by atoms with Gasteiger partial charge < -0.3 is 9.47 Å². The van der Waals surface area contributed by atoms with Crippen molar-refractivity contribution in [2.24, 2.45) is 11.8 Å². The summed E-state index contributed by atoms with van der Waals surface area (Å²) in [7, 11) is 0. The second kappa shape index (κ2) is 5.80. The van der Waals surface area contributed by atoms with Crippen LogP contribution in [0.4, 0.5) is 0 Å². The van der Waals surface area contributed by atoms with Crippen molar-refractivity contribution < 1.29 is 9.47 Å². The first-order valence-electron chi connectivity index (χ1n) is 7.37. The Morgan fingerprint density at radius 1 is 1.33 bits per heavy atom. The summed E-state index contributed by atoms with van der Waals surface area (Å²) in [6.07, 6.45) is 12.4. The van der Waals surface area contributed by atoms with Crippen LogP contribution >= 0.6 is 22.6 Å². The van der Waals surface area contributed by atoms with E-state index >= 15 is 0 Å². The summed E-state index contributed by atoms with van der Waals surface area (Å²) < 4.78 is 14.4. The molecule has 2 nitrogen and oxygen atoms in total. The second-order valence-electron chi connectivity index (χ2n) is 6.12. The molecule has 0 aromatic rings. The van der Waals surface area contributed by atoms with Crippen molar-refractivity contribution in [3.8, 4) is 0 Å². The molecular weight excluding hydrogens is 339 g/mol. The molecule has 1 heterocycles. The Hall–Kier alpha value is 0.390. The molecule has 3 heteroatoms. The number of hydrogen-bond donors (Lipinski definition) is 0. The van der Waals surface area contributed by atoms with Crippen LogP contribution < -0.4 is 0 Å². The summed E-state index contributed by atoms with van der Waals surface area (Å²) in [6, 6.07) is 0. The van der Waals surface area contributed by atoms with Gasteiger partial charge in [0.25, 0.3) is 0 Å². The predicted octanol–water partition coefficient (Wildman–Crippen LogP) is 4.43. The Kier molecular flexibility index (Phi) is 4.31. The van der Waals surface area contributed by atoms with E-state index in [0.717, 1.165) is 24.9 Å². The maximum absolute atomic E-state index is 6.48. The molecule has 0 amide bonds.